The molecule has 1 aromatic heterocycles. The van der Waals surface area contributed by atoms with E-state index in [0.717, 1.165) is 36.6 Å². The van der Waals surface area contributed by atoms with Crippen molar-refractivity contribution in [2.45, 2.75) is 6.92 Å². The number of ether oxygens (including phenoxy) is 1. The van der Waals surface area contributed by atoms with E-state index in [1.165, 1.54) is 5.39 Å². The summed E-state index contributed by atoms with van der Waals surface area (Å²) in [5.41, 5.74) is 0. The van der Waals surface area contributed by atoms with E-state index in [9.17, 15) is 0 Å². The molecular formula is C15H21N3O. The second-order valence-electron chi connectivity index (χ2n) is 4.50. The molecule has 0 bridgehead atoms. The summed E-state index contributed by atoms with van der Waals surface area (Å²) in [5, 5.41) is 5.63. The van der Waals surface area contributed by atoms with Crippen molar-refractivity contribution in [2.75, 3.05) is 38.7 Å². The molecule has 0 saturated heterocycles. The molecule has 1 aromatic carbocycles. The second-order valence-corrected chi connectivity index (χ2v) is 4.50. The summed E-state index contributed by atoms with van der Waals surface area (Å²) < 4.78 is 5.30. The van der Waals surface area contributed by atoms with Crippen LogP contribution in [-0.2, 0) is 0 Å². The standard InChI is InChI=1S/C15H21N3O/c1-4-16-9-10-18(2)15-14-11-13(19-3)6-5-12(14)7-8-17-15/h5-8,11,16H,4,9-10H2,1-3H3. The lowest BCUT2D eigenvalue weighted by atomic mass is 10.1. The first-order valence-corrected chi connectivity index (χ1v) is 6.61. The largest absolute Gasteiger partial charge is 0.497 e. The molecule has 2 rings (SSSR count). The Kier molecular flexibility index (Phi) is 4.58. The number of hydrogen-bond acceptors (Lipinski definition) is 4. The molecule has 2 aromatic rings. The predicted molar refractivity (Wildman–Crippen MR) is 80.1 cm³/mol. The van der Waals surface area contributed by atoms with Gasteiger partial charge >= 0.3 is 0 Å². The molecule has 4 heteroatoms. The molecule has 19 heavy (non-hydrogen) atoms. The van der Waals surface area contributed by atoms with E-state index in [-0.39, 0.29) is 0 Å². The average Bonchev–Trinajstić information content (AvgIpc) is 2.46. The van der Waals surface area contributed by atoms with Crippen LogP contribution in [0.3, 0.4) is 0 Å². The first-order chi connectivity index (χ1) is 9.26. The quantitative estimate of drug-likeness (QED) is 0.808. The summed E-state index contributed by atoms with van der Waals surface area (Å²) in [6, 6.07) is 8.11. The van der Waals surface area contributed by atoms with Crippen LogP contribution in [0.2, 0.25) is 0 Å². The molecule has 0 radical (unpaired) electrons. The second kappa shape index (κ2) is 6.38. The lowest BCUT2D eigenvalue weighted by molar-refractivity contribution is 0.415. The monoisotopic (exact) mass is 259 g/mol. The van der Waals surface area contributed by atoms with Crippen molar-refractivity contribution in [1.29, 1.82) is 0 Å². The van der Waals surface area contributed by atoms with Gasteiger partial charge in [-0.1, -0.05) is 13.0 Å². The van der Waals surface area contributed by atoms with Crippen molar-refractivity contribution < 1.29 is 4.74 Å². The van der Waals surface area contributed by atoms with E-state index >= 15 is 0 Å². The van der Waals surface area contributed by atoms with Crippen LogP contribution in [0.1, 0.15) is 6.92 Å². The van der Waals surface area contributed by atoms with Gasteiger partial charge in [-0.25, -0.2) is 4.98 Å². The fourth-order valence-corrected chi connectivity index (χ4v) is 2.09. The number of nitrogens with one attached hydrogen (secondary N) is 1. The number of aromatic nitrogens is 1. The highest BCUT2D eigenvalue weighted by atomic mass is 16.5. The molecule has 102 valence electrons. The third-order valence-electron chi connectivity index (χ3n) is 3.19. The lowest BCUT2D eigenvalue weighted by Crippen LogP contribution is -2.29. The summed E-state index contributed by atoms with van der Waals surface area (Å²) in [5.74, 6) is 1.86. The van der Waals surface area contributed by atoms with Gasteiger partial charge < -0.3 is 15.0 Å². The van der Waals surface area contributed by atoms with Crippen LogP contribution in [0.25, 0.3) is 10.8 Å². The third-order valence-corrected chi connectivity index (χ3v) is 3.19. The average molecular weight is 259 g/mol. The summed E-state index contributed by atoms with van der Waals surface area (Å²) >= 11 is 0. The maximum absolute atomic E-state index is 5.30. The highest BCUT2D eigenvalue weighted by molar-refractivity contribution is 5.93. The third kappa shape index (κ3) is 3.15. The van der Waals surface area contributed by atoms with Crippen molar-refractivity contribution in [2.24, 2.45) is 0 Å². The van der Waals surface area contributed by atoms with Crippen LogP contribution in [0, 0.1) is 0 Å². The number of rotatable bonds is 6. The van der Waals surface area contributed by atoms with Crippen molar-refractivity contribution in [1.82, 2.24) is 10.3 Å². The normalized spacial score (nSPS) is 10.7. The molecule has 0 aliphatic carbocycles. The van der Waals surface area contributed by atoms with Gasteiger partial charge in [0.15, 0.2) is 0 Å². The van der Waals surface area contributed by atoms with Crippen molar-refractivity contribution in [3.8, 4) is 5.75 Å². The minimum atomic E-state index is 0.863. The molecule has 0 atom stereocenters. The van der Waals surface area contributed by atoms with E-state index in [1.807, 2.05) is 24.4 Å². The molecular weight excluding hydrogens is 238 g/mol. The predicted octanol–water partition coefficient (Wildman–Crippen LogP) is 2.29. The molecule has 0 unspecified atom stereocenters. The maximum Gasteiger partial charge on any atom is 0.136 e. The fraction of sp³-hybridized carbons (Fsp3) is 0.400. The van der Waals surface area contributed by atoms with Gasteiger partial charge in [0, 0.05) is 31.7 Å². The van der Waals surface area contributed by atoms with Crippen LogP contribution in [0.5, 0.6) is 5.75 Å². The lowest BCUT2D eigenvalue weighted by Gasteiger charge is -2.20. The Morgan fingerprint density at radius 1 is 1.32 bits per heavy atom. The molecule has 1 heterocycles. The van der Waals surface area contributed by atoms with Crippen LogP contribution in [0.15, 0.2) is 30.5 Å². The zero-order valence-electron chi connectivity index (χ0n) is 11.8. The van der Waals surface area contributed by atoms with Gasteiger partial charge in [0.2, 0.25) is 0 Å². The Morgan fingerprint density at radius 2 is 2.16 bits per heavy atom. The zero-order valence-corrected chi connectivity index (χ0v) is 11.8. The number of fused-ring (bicyclic) bond motifs is 1. The Morgan fingerprint density at radius 3 is 2.89 bits per heavy atom. The Labute approximate surface area is 114 Å². The van der Waals surface area contributed by atoms with Crippen molar-refractivity contribution in [3.05, 3.63) is 30.5 Å². The van der Waals surface area contributed by atoms with E-state index in [4.69, 9.17) is 4.74 Å². The van der Waals surface area contributed by atoms with Gasteiger partial charge in [-0.15, -0.1) is 0 Å². The van der Waals surface area contributed by atoms with Crippen LogP contribution in [-0.4, -0.2) is 38.8 Å². The van der Waals surface area contributed by atoms with Gasteiger partial charge in [-0.2, -0.15) is 0 Å². The summed E-state index contributed by atoms with van der Waals surface area (Å²) in [6.07, 6.45) is 1.86. The first kappa shape index (κ1) is 13.6. The van der Waals surface area contributed by atoms with Gasteiger partial charge in [0.25, 0.3) is 0 Å². The summed E-state index contributed by atoms with van der Waals surface area (Å²) in [4.78, 5) is 6.67. The number of pyridine rings is 1. The Bertz CT molecular complexity index is 542. The smallest absolute Gasteiger partial charge is 0.136 e. The Balaban J connectivity index is 2.30. The Hall–Kier alpha value is -1.81. The number of likely N-dealkylation sites (N-methyl/N-ethyl adjacent to an activating group) is 2. The van der Waals surface area contributed by atoms with Gasteiger partial charge in [-0.05, 0) is 30.1 Å². The topological polar surface area (TPSA) is 37.4 Å². The molecule has 1 N–H and O–H groups in total. The zero-order chi connectivity index (χ0) is 13.7. The number of benzene rings is 1. The van der Waals surface area contributed by atoms with Crippen molar-refractivity contribution in [3.63, 3.8) is 0 Å². The summed E-state index contributed by atoms with van der Waals surface area (Å²) in [7, 11) is 3.75. The van der Waals surface area contributed by atoms with E-state index in [2.05, 4.69) is 35.2 Å². The van der Waals surface area contributed by atoms with Gasteiger partial charge in [-0.3, -0.25) is 0 Å². The molecule has 4 nitrogen and oxygen atoms in total. The molecule has 0 fully saturated rings. The van der Waals surface area contributed by atoms with Crippen molar-refractivity contribution >= 4 is 16.6 Å². The number of methoxy groups -OCH3 is 1. The minimum Gasteiger partial charge on any atom is -0.497 e. The number of nitrogens with zero attached hydrogens (tertiary/aromatic N) is 2. The highest BCUT2D eigenvalue weighted by Crippen LogP contribution is 2.27. The van der Waals surface area contributed by atoms with Crippen LogP contribution >= 0.6 is 0 Å². The minimum absolute atomic E-state index is 0.863. The molecule has 0 aliphatic heterocycles. The van der Waals surface area contributed by atoms with Gasteiger partial charge in [0.1, 0.15) is 11.6 Å². The highest BCUT2D eigenvalue weighted by Gasteiger charge is 2.08. The maximum atomic E-state index is 5.30. The summed E-state index contributed by atoms with van der Waals surface area (Å²) in [6.45, 7) is 4.98. The molecule has 0 amide bonds. The number of hydrogen-bond donors (Lipinski definition) is 1. The molecule has 0 saturated carbocycles. The number of anilines is 1. The first-order valence-electron chi connectivity index (χ1n) is 6.61. The van der Waals surface area contributed by atoms with E-state index in [0.29, 0.717) is 0 Å². The fourth-order valence-electron chi connectivity index (χ4n) is 2.09. The van der Waals surface area contributed by atoms with E-state index in [1.54, 1.807) is 7.11 Å². The van der Waals surface area contributed by atoms with Crippen LogP contribution < -0.4 is 15.0 Å². The van der Waals surface area contributed by atoms with E-state index < -0.39 is 0 Å². The molecule has 0 spiro atoms. The SMILES string of the molecule is CCNCCN(C)c1nccc2ccc(OC)cc12. The van der Waals surface area contributed by atoms with Gasteiger partial charge in [0.05, 0.1) is 7.11 Å². The molecule has 0 aliphatic rings. The van der Waals surface area contributed by atoms with Crippen LogP contribution in [0.4, 0.5) is 5.82 Å².